The van der Waals surface area contributed by atoms with Crippen LogP contribution in [-0.2, 0) is 9.47 Å². The highest BCUT2D eigenvalue weighted by Gasteiger charge is 2.23. The van der Waals surface area contributed by atoms with Crippen LogP contribution in [0.4, 0.5) is 4.79 Å². The summed E-state index contributed by atoms with van der Waals surface area (Å²) >= 11 is 4.18. The number of rotatable bonds is 3. The Morgan fingerprint density at radius 2 is 2.11 bits per heavy atom. The lowest BCUT2D eigenvalue weighted by Crippen LogP contribution is -2.37. The molecule has 19 heavy (non-hydrogen) atoms. The predicted molar refractivity (Wildman–Crippen MR) is 73.4 cm³/mol. The molecule has 0 aromatic carbocycles. The number of amides is 1. The monoisotopic (exact) mass is 286 g/mol. The van der Waals surface area contributed by atoms with Crippen LogP contribution in [0, 0.1) is 0 Å². The zero-order valence-corrected chi connectivity index (χ0v) is 12.2. The fraction of sp³-hybridized carbons (Fsp3) is 0.500. The molecule has 0 bridgehead atoms. The highest BCUT2D eigenvalue weighted by Crippen LogP contribution is 2.18. The highest BCUT2D eigenvalue weighted by molar-refractivity contribution is 7.80. The second-order valence-corrected chi connectivity index (χ2v) is 5.35. The van der Waals surface area contributed by atoms with Gasteiger partial charge in [-0.3, -0.25) is 10.1 Å². The highest BCUT2D eigenvalue weighted by atomic mass is 32.1. The number of aromatic nitrogens is 1. The Kier molecular flexibility index (Phi) is 5.02. The minimum absolute atomic E-state index is 0.221. The van der Waals surface area contributed by atoms with Gasteiger partial charge < -0.3 is 14.5 Å². The molecule has 0 radical (unpaired) electrons. The molecule has 2 N–H and O–H groups in total. The second-order valence-electron chi connectivity index (χ2n) is 4.87. The number of hydrogen-bond donors (Lipinski definition) is 3. The van der Waals surface area contributed by atoms with Gasteiger partial charge in [-0.05, 0) is 26.8 Å². The van der Waals surface area contributed by atoms with Gasteiger partial charge >= 0.3 is 6.09 Å². The zero-order valence-electron chi connectivity index (χ0n) is 11.3. The quantitative estimate of drug-likeness (QED) is 0.585. The molecule has 6 nitrogen and oxygen atoms in total. The molecule has 1 rings (SSSR count). The topological polar surface area (TPSA) is 80.4 Å². The van der Waals surface area contributed by atoms with Crippen molar-refractivity contribution in [3.05, 3.63) is 28.2 Å². The van der Waals surface area contributed by atoms with E-state index in [1.165, 1.54) is 13.3 Å². The summed E-state index contributed by atoms with van der Waals surface area (Å²) < 4.78 is 10.2. The van der Waals surface area contributed by atoms with Crippen molar-refractivity contribution >= 4 is 18.7 Å². The van der Waals surface area contributed by atoms with E-state index in [-0.39, 0.29) is 11.1 Å². The molecule has 1 aromatic rings. The maximum Gasteiger partial charge on any atom is 0.409 e. The van der Waals surface area contributed by atoms with Gasteiger partial charge in [-0.15, -0.1) is 12.6 Å². The summed E-state index contributed by atoms with van der Waals surface area (Å²) in [6, 6.07) is 1.60. The maximum atomic E-state index is 11.7. The molecule has 0 saturated heterocycles. The van der Waals surface area contributed by atoms with E-state index in [1.54, 1.807) is 26.8 Å². The Morgan fingerprint density at radius 3 is 2.58 bits per heavy atom. The number of carbonyl (C=O) groups excluding carboxylic acids is 1. The van der Waals surface area contributed by atoms with Crippen molar-refractivity contribution in [1.29, 1.82) is 0 Å². The average molecular weight is 286 g/mol. The van der Waals surface area contributed by atoms with Crippen molar-refractivity contribution in [3.8, 4) is 0 Å². The Bertz CT molecular complexity index is 507. The van der Waals surface area contributed by atoms with E-state index in [9.17, 15) is 9.59 Å². The van der Waals surface area contributed by atoms with E-state index < -0.39 is 17.9 Å². The smallest absolute Gasteiger partial charge is 0.409 e. The molecule has 0 aliphatic rings. The van der Waals surface area contributed by atoms with Gasteiger partial charge in [0.25, 0.3) is 5.56 Å². The number of thiol groups is 1. The van der Waals surface area contributed by atoms with Crippen LogP contribution >= 0.6 is 12.6 Å². The third-order valence-electron chi connectivity index (χ3n) is 2.12. The molecule has 1 amide bonds. The Labute approximate surface area is 116 Å². The average Bonchev–Trinajstić information content (AvgIpc) is 2.24. The van der Waals surface area contributed by atoms with Gasteiger partial charge in [0.15, 0.2) is 6.23 Å². The Morgan fingerprint density at radius 1 is 1.47 bits per heavy atom. The number of ether oxygens (including phenoxy) is 2. The Balaban J connectivity index is 2.91. The molecule has 106 valence electrons. The van der Waals surface area contributed by atoms with Crippen LogP contribution in [0.1, 0.15) is 32.6 Å². The molecule has 7 heteroatoms. The van der Waals surface area contributed by atoms with Crippen molar-refractivity contribution in [1.82, 2.24) is 10.3 Å². The third-order valence-corrected chi connectivity index (χ3v) is 2.51. The largest absolute Gasteiger partial charge is 0.444 e. The van der Waals surface area contributed by atoms with Gasteiger partial charge in [0, 0.05) is 18.2 Å². The van der Waals surface area contributed by atoms with E-state index in [0.29, 0.717) is 4.90 Å². The van der Waals surface area contributed by atoms with Crippen molar-refractivity contribution in [2.75, 3.05) is 7.11 Å². The van der Waals surface area contributed by atoms with E-state index in [2.05, 4.69) is 22.9 Å². The number of hydrogen-bond acceptors (Lipinski definition) is 5. The van der Waals surface area contributed by atoms with E-state index in [4.69, 9.17) is 9.47 Å². The minimum Gasteiger partial charge on any atom is -0.444 e. The normalized spacial score (nSPS) is 12.9. The first kappa shape index (κ1) is 15.6. The van der Waals surface area contributed by atoms with Crippen molar-refractivity contribution in [2.24, 2.45) is 0 Å². The van der Waals surface area contributed by atoms with Gasteiger partial charge in [0.05, 0.1) is 5.56 Å². The molecule has 0 aliphatic carbocycles. The summed E-state index contributed by atoms with van der Waals surface area (Å²) in [7, 11) is 1.38. The maximum absolute atomic E-state index is 11.7. The third kappa shape index (κ3) is 4.60. The molecule has 1 unspecified atom stereocenters. The van der Waals surface area contributed by atoms with Gasteiger partial charge in [0.2, 0.25) is 0 Å². The lowest BCUT2D eigenvalue weighted by atomic mass is 10.2. The first-order valence-corrected chi connectivity index (χ1v) is 6.12. The number of H-pyrrole nitrogens is 1. The summed E-state index contributed by atoms with van der Waals surface area (Å²) in [5, 5.41) is 2.47. The summed E-state index contributed by atoms with van der Waals surface area (Å²) in [6.07, 6.45) is -0.128. The summed E-state index contributed by atoms with van der Waals surface area (Å²) in [5.41, 5.74) is -0.787. The molecular formula is C12H18N2O4S. The van der Waals surface area contributed by atoms with Crippen LogP contribution in [0.5, 0.6) is 0 Å². The fourth-order valence-corrected chi connectivity index (χ4v) is 1.69. The molecule has 1 aromatic heterocycles. The number of methoxy groups -OCH3 is 1. The van der Waals surface area contributed by atoms with Gasteiger partial charge in [-0.25, -0.2) is 4.79 Å². The number of nitrogens with one attached hydrogen (secondary N) is 2. The lowest BCUT2D eigenvalue weighted by Gasteiger charge is -2.23. The number of aromatic amines is 1. The fourth-order valence-electron chi connectivity index (χ4n) is 1.40. The second kappa shape index (κ2) is 6.12. The standard InChI is InChI=1S/C12H18N2O4S/c1-12(2,3)18-11(16)14-10(17-4)8-7(19)5-6-13-9(8)15/h5-6,10H,1-4H3,(H,14,16)(H2,13,15,19). The van der Waals surface area contributed by atoms with Crippen molar-refractivity contribution in [2.45, 2.75) is 37.5 Å². The first-order valence-electron chi connectivity index (χ1n) is 5.67. The van der Waals surface area contributed by atoms with Crippen LogP contribution in [0.2, 0.25) is 0 Å². The van der Waals surface area contributed by atoms with Crippen LogP contribution < -0.4 is 10.9 Å². The summed E-state index contributed by atoms with van der Waals surface area (Å²) in [5.74, 6) is 0. The van der Waals surface area contributed by atoms with Crippen molar-refractivity contribution < 1.29 is 14.3 Å². The lowest BCUT2D eigenvalue weighted by molar-refractivity contribution is 0.0220. The van der Waals surface area contributed by atoms with E-state index in [0.717, 1.165) is 0 Å². The summed E-state index contributed by atoms with van der Waals surface area (Å²) in [6.45, 7) is 5.23. The molecule has 0 spiro atoms. The summed E-state index contributed by atoms with van der Waals surface area (Å²) in [4.78, 5) is 26.3. The predicted octanol–water partition coefficient (Wildman–Crippen LogP) is 1.83. The van der Waals surface area contributed by atoms with Crippen LogP contribution in [0.15, 0.2) is 22.0 Å². The van der Waals surface area contributed by atoms with E-state index >= 15 is 0 Å². The van der Waals surface area contributed by atoms with Crippen LogP contribution in [-0.4, -0.2) is 23.8 Å². The Hall–Kier alpha value is -1.47. The van der Waals surface area contributed by atoms with E-state index in [1.807, 2.05) is 0 Å². The molecule has 1 heterocycles. The molecule has 0 fully saturated rings. The molecule has 1 atom stereocenters. The molecule has 0 aliphatic heterocycles. The van der Waals surface area contributed by atoms with Gasteiger partial charge in [0.1, 0.15) is 5.60 Å². The van der Waals surface area contributed by atoms with Crippen LogP contribution in [0.3, 0.4) is 0 Å². The van der Waals surface area contributed by atoms with Crippen LogP contribution in [0.25, 0.3) is 0 Å². The first-order chi connectivity index (χ1) is 8.74. The minimum atomic E-state index is -0.924. The van der Waals surface area contributed by atoms with Gasteiger partial charge in [-0.2, -0.15) is 0 Å². The van der Waals surface area contributed by atoms with Crippen molar-refractivity contribution in [3.63, 3.8) is 0 Å². The molecule has 0 saturated carbocycles. The molecular weight excluding hydrogens is 268 g/mol. The number of alkyl carbamates (subject to hydrolysis) is 1. The number of pyridine rings is 1. The zero-order chi connectivity index (χ0) is 14.6. The SMILES string of the molecule is COC(NC(=O)OC(C)(C)C)c1c(S)cc[nH]c1=O. The number of carbonyl (C=O) groups is 1. The van der Waals surface area contributed by atoms with Gasteiger partial charge in [-0.1, -0.05) is 0 Å².